The average Bonchev–Trinajstić information content (AvgIpc) is 2.68. The molecule has 1 amide bonds. The van der Waals surface area contributed by atoms with Crippen molar-refractivity contribution in [2.45, 2.75) is 43.0 Å². The highest BCUT2D eigenvalue weighted by atomic mass is 32.2. The molecule has 1 N–H and O–H groups in total. The second-order valence-electron chi connectivity index (χ2n) is 7.31. The van der Waals surface area contributed by atoms with Crippen molar-refractivity contribution in [2.75, 3.05) is 13.2 Å². The van der Waals surface area contributed by atoms with E-state index in [2.05, 4.69) is 0 Å². The van der Waals surface area contributed by atoms with Crippen molar-refractivity contribution in [1.29, 1.82) is 0 Å². The van der Waals surface area contributed by atoms with Gasteiger partial charge in [-0.25, -0.2) is 4.79 Å². The van der Waals surface area contributed by atoms with Crippen LogP contribution in [0.1, 0.15) is 30.4 Å². The Morgan fingerprint density at radius 3 is 2.43 bits per heavy atom. The Bertz CT molecular complexity index is 912. The summed E-state index contributed by atoms with van der Waals surface area (Å²) in [6, 6.07) is 15.9. The second kappa shape index (κ2) is 8.32. The van der Waals surface area contributed by atoms with Gasteiger partial charge in [0.15, 0.2) is 0 Å². The van der Waals surface area contributed by atoms with Crippen molar-refractivity contribution in [3.63, 3.8) is 0 Å². The maximum Gasteiger partial charge on any atom is 0.407 e. The first-order valence-electron chi connectivity index (χ1n) is 9.33. The minimum Gasteiger partial charge on any atom is -0.465 e. The predicted molar refractivity (Wildman–Crippen MR) is 106 cm³/mol. The molecule has 1 aliphatic rings. The van der Waals surface area contributed by atoms with E-state index >= 15 is 0 Å². The molecule has 0 spiro atoms. The van der Waals surface area contributed by atoms with Crippen LogP contribution in [0.15, 0.2) is 59.5 Å². The molecule has 0 saturated carbocycles. The molecule has 0 aromatic heterocycles. The van der Waals surface area contributed by atoms with Crippen LogP contribution in [0.25, 0.3) is 0 Å². The van der Waals surface area contributed by atoms with Gasteiger partial charge in [-0.15, -0.1) is 0 Å². The number of hydrogen-bond donors (Lipinski definition) is 1. The number of nitrogens with zero attached hydrogens (tertiary/aromatic N) is 1. The van der Waals surface area contributed by atoms with Crippen molar-refractivity contribution in [1.82, 2.24) is 4.90 Å². The first-order chi connectivity index (χ1) is 13.3. The quantitative estimate of drug-likeness (QED) is 0.741. The van der Waals surface area contributed by atoms with E-state index in [4.69, 9.17) is 4.18 Å². The number of aryl methyl sites for hydroxylation is 1. The molecule has 150 valence electrons. The Kier molecular flexibility index (Phi) is 6.05. The van der Waals surface area contributed by atoms with Crippen LogP contribution in [-0.4, -0.2) is 43.2 Å². The van der Waals surface area contributed by atoms with E-state index < -0.39 is 21.8 Å². The highest BCUT2D eigenvalue weighted by Crippen LogP contribution is 2.33. The maximum absolute atomic E-state index is 12.7. The van der Waals surface area contributed by atoms with Gasteiger partial charge in [-0.05, 0) is 50.3 Å². The molecule has 2 aromatic rings. The topological polar surface area (TPSA) is 83.9 Å². The fraction of sp³-hybridized carbons (Fsp3) is 0.381. The standard InChI is InChI=1S/C21H25NO5S/c1-17-9-11-19(12-10-17)28(25,26)27-16-21(15-18-7-3-2-4-8-18)13-5-6-14-22(21)20(23)24/h2-4,7-12H,5-6,13-16H2,1H3,(H,23,24)/t21-/m1/s1. The van der Waals surface area contributed by atoms with Gasteiger partial charge in [-0.3, -0.25) is 9.08 Å². The smallest absolute Gasteiger partial charge is 0.407 e. The lowest BCUT2D eigenvalue weighted by Gasteiger charge is -2.45. The summed E-state index contributed by atoms with van der Waals surface area (Å²) in [5.74, 6) is 0. The van der Waals surface area contributed by atoms with E-state index in [-0.39, 0.29) is 11.5 Å². The number of amides is 1. The third kappa shape index (κ3) is 4.54. The van der Waals surface area contributed by atoms with Crippen molar-refractivity contribution in [2.24, 2.45) is 0 Å². The lowest BCUT2D eigenvalue weighted by Crippen LogP contribution is -2.58. The molecule has 0 bridgehead atoms. The van der Waals surface area contributed by atoms with Gasteiger partial charge in [0.25, 0.3) is 10.1 Å². The zero-order valence-corrected chi connectivity index (χ0v) is 16.7. The van der Waals surface area contributed by atoms with Crippen LogP contribution in [0, 0.1) is 6.92 Å². The van der Waals surface area contributed by atoms with E-state index in [0.29, 0.717) is 19.4 Å². The fourth-order valence-electron chi connectivity index (χ4n) is 3.72. The third-order valence-electron chi connectivity index (χ3n) is 5.25. The van der Waals surface area contributed by atoms with Gasteiger partial charge in [-0.1, -0.05) is 48.0 Å². The largest absolute Gasteiger partial charge is 0.465 e. The van der Waals surface area contributed by atoms with Crippen LogP contribution in [-0.2, 0) is 20.7 Å². The zero-order valence-electron chi connectivity index (χ0n) is 15.9. The van der Waals surface area contributed by atoms with Gasteiger partial charge in [0.1, 0.15) is 0 Å². The van der Waals surface area contributed by atoms with Gasteiger partial charge in [0.05, 0.1) is 17.0 Å². The van der Waals surface area contributed by atoms with Gasteiger partial charge < -0.3 is 5.11 Å². The summed E-state index contributed by atoms with van der Waals surface area (Å²) in [5, 5.41) is 9.75. The highest BCUT2D eigenvalue weighted by molar-refractivity contribution is 7.86. The molecule has 0 radical (unpaired) electrons. The average molecular weight is 404 g/mol. The molecule has 1 saturated heterocycles. The van der Waals surface area contributed by atoms with E-state index in [0.717, 1.165) is 24.0 Å². The highest BCUT2D eigenvalue weighted by Gasteiger charge is 2.43. The van der Waals surface area contributed by atoms with E-state index in [9.17, 15) is 18.3 Å². The van der Waals surface area contributed by atoms with Gasteiger partial charge >= 0.3 is 6.09 Å². The number of carboxylic acid groups (broad SMARTS) is 1. The van der Waals surface area contributed by atoms with E-state index in [1.165, 1.54) is 17.0 Å². The molecule has 7 heteroatoms. The minimum absolute atomic E-state index is 0.0747. The summed E-state index contributed by atoms with van der Waals surface area (Å²) < 4.78 is 30.8. The SMILES string of the molecule is Cc1ccc(S(=O)(=O)OC[C@]2(Cc3ccccc3)CCCCN2C(=O)O)cc1. The monoisotopic (exact) mass is 403 g/mol. The van der Waals surface area contributed by atoms with Crippen LogP contribution in [0.4, 0.5) is 4.79 Å². The summed E-state index contributed by atoms with van der Waals surface area (Å²) in [6.07, 6.45) is 1.49. The molecule has 1 fully saturated rings. The Morgan fingerprint density at radius 1 is 1.11 bits per heavy atom. The minimum atomic E-state index is -3.98. The molecule has 6 nitrogen and oxygen atoms in total. The van der Waals surface area contributed by atoms with Crippen molar-refractivity contribution in [3.8, 4) is 0 Å². The number of benzene rings is 2. The van der Waals surface area contributed by atoms with Crippen LogP contribution >= 0.6 is 0 Å². The molecule has 0 aliphatic carbocycles. The van der Waals surface area contributed by atoms with Gasteiger partial charge in [-0.2, -0.15) is 8.42 Å². The molecule has 3 rings (SSSR count). The molecule has 28 heavy (non-hydrogen) atoms. The van der Waals surface area contributed by atoms with Crippen LogP contribution in [0.2, 0.25) is 0 Å². The van der Waals surface area contributed by atoms with E-state index in [1.807, 2.05) is 37.3 Å². The molecule has 1 atom stereocenters. The lowest BCUT2D eigenvalue weighted by molar-refractivity contribution is 0.0166. The Labute approximate surface area is 165 Å². The number of rotatable bonds is 6. The molecule has 1 heterocycles. The summed E-state index contributed by atoms with van der Waals surface area (Å²) in [6.45, 7) is 2.04. The fourth-order valence-corrected chi connectivity index (χ4v) is 4.70. The maximum atomic E-state index is 12.7. The molecular weight excluding hydrogens is 378 g/mol. The predicted octanol–water partition coefficient (Wildman–Crippen LogP) is 3.85. The molecular formula is C21H25NO5S. The first kappa shape index (κ1) is 20.4. The summed E-state index contributed by atoms with van der Waals surface area (Å²) in [4.78, 5) is 13.3. The third-order valence-corrected chi connectivity index (χ3v) is 6.52. The van der Waals surface area contributed by atoms with E-state index in [1.54, 1.807) is 12.1 Å². The first-order valence-corrected chi connectivity index (χ1v) is 10.7. The second-order valence-corrected chi connectivity index (χ2v) is 8.92. The van der Waals surface area contributed by atoms with Crippen LogP contribution < -0.4 is 0 Å². The lowest BCUT2D eigenvalue weighted by atomic mass is 9.82. The van der Waals surface area contributed by atoms with Crippen LogP contribution in [0.5, 0.6) is 0 Å². The van der Waals surface area contributed by atoms with Gasteiger partial charge in [0.2, 0.25) is 0 Å². The molecule has 1 aliphatic heterocycles. The Balaban J connectivity index is 1.88. The Morgan fingerprint density at radius 2 is 1.79 bits per heavy atom. The summed E-state index contributed by atoms with van der Waals surface area (Å²) in [5.41, 5.74) is 0.985. The van der Waals surface area contributed by atoms with Crippen molar-refractivity contribution >= 4 is 16.2 Å². The Hall–Kier alpha value is -2.38. The van der Waals surface area contributed by atoms with Gasteiger partial charge in [0, 0.05) is 6.54 Å². The zero-order chi connectivity index (χ0) is 20.2. The summed E-state index contributed by atoms with van der Waals surface area (Å²) in [7, 11) is -3.98. The van der Waals surface area contributed by atoms with Crippen molar-refractivity contribution < 1.29 is 22.5 Å². The summed E-state index contributed by atoms with van der Waals surface area (Å²) >= 11 is 0. The normalized spacial score (nSPS) is 20.1. The number of hydrogen-bond acceptors (Lipinski definition) is 4. The van der Waals surface area contributed by atoms with Crippen LogP contribution in [0.3, 0.4) is 0 Å². The number of piperidine rings is 1. The molecule has 2 aromatic carbocycles. The number of carbonyl (C=O) groups is 1. The number of likely N-dealkylation sites (tertiary alicyclic amines) is 1. The van der Waals surface area contributed by atoms with Crippen molar-refractivity contribution in [3.05, 3.63) is 65.7 Å². The molecule has 0 unspecified atom stereocenters.